The van der Waals surface area contributed by atoms with Crippen molar-refractivity contribution in [1.82, 2.24) is 0 Å². The van der Waals surface area contributed by atoms with Gasteiger partial charge in [-0.05, 0) is 27.2 Å². The van der Waals surface area contributed by atoms with Gasteiger partial charge >= 0.3 is 8.80 Å². The molecule has 0 rings (SSSR count). The van der Waals surface area contributed by atoms with Gasteiger partial charge in [-0.3, -0.25) is 0 Å². The van der Waals surface area contributed by atoms with Crippen molar-refractivity contribution in [2.45, 2.75) is 33.2 Å². The number of hydrogen-bond acceptors (Lipinski definition) is 5. The van der Waals surface area contributed by atoms with Gasteiger partial charge in [-0.1, -0.05) is 0 Å². The predicted octanol–water partition coefficient (Wildman–Crippen LogP) is 4.20. The molecule has 0 aliphatic heterocycles. The SMILES string of the molecule is CCO[Si](CCCS[P+](C)(C)S)(OCC)OCC. The third-order valence-corrected chi connectivity index (χ3v) is 9.86. The van der Waals surface area contributed by atoms with E-state index in [0.29, 0.717) is 19.8 Å². The molecule has 0 atom stereocenters. The summed E-state index contributed by atoms with van der Waals surface area (Å²) >= 11 is 6.58. The van der Waals surface area contributed by atoms with Gasteiger partial charge in [0.15, 0.2) is 0 Å². The van der Waals surface area contributed by atoms with Gasteiger partial charge in [-0.25, -0.2) is 0 Å². The molecule has 0 unspecified atom stereocenters. The highest BCUT2D eigenvalue weighted by Crippen LogP contribution is 2.68. The molecule has 0 radical (unpaired) electrons. The van der Waals surface area contributed by atoms with Crippen molar-refractivity contribution in [1.29, 1.82) is 0 Å². The van der Waals surface area contributed by atoms with Crippen molar-refractivity contribution in [3.8, 4) is 0 Å². The topological polar surface area (TPSA) is 27.7 Å². The first-order chi connectivity index (χ1) is 8.39. The first-order valence-corrected chi connectivity index (χ1v) is 13.9. The minimum Gasteiger partial charge on any atom is -0.374 e. The monoisotopic (exact) mass is 331 g/mol. The zero-order valence-corrected chi connectivity index (χ0v) is 15.9. The molecule has 0 aliphatic rings. The Balaban J connectivity index is 4.21. The van der Waals surface area contributed by atoms with Gasteiger partial charge in [0.25, 0.3) is 0 Å². The van der Waals surface area contributed by atoms with Gasteiger partial charge in [0.1, 0.15) is 5.67 Å². The zero-order chi connectivity index (χ0) is 14.1. The Bertz CT molecular complexity index is 198. The van der Waals surface area contributed by atoms with Crippen LogP contribution in [0.2, 0.25) is 6.04 Å². The Morgan fingerprint density at radius 1 is 1.00 bits per heavy atom. The van der Waals surface area contributed by atoms with E-state index in [9.17, 15) is 0 Å². The first-order valence-electron chi connectivity index (χ1n) is 6.52. The Morgan fingerprint density at radius 3 is 1.78 bits per heavy atom. The molecule has 0 aromatic heterocycles. The lowest BCUT2D eigenvalue weighted by Gasteiger charge is -2.28. The zero-order valence-electron chi connectivity index (χ0n) is 12.3. The third kappa shape index (κ3) is 9.18. The van der Waals surface area contributed by atoms with E-state index in [4.69, 9.17) is 13.3 Å². The van der Waals surface area contributed by atoms with Crippen LogP contribution >= 0.6 is 29.3 Å². The third-order valence-electron chi connectivity index (χ3n) is 2.13. The van der Waals surface area contributed by atoms with Crippen LogP contribution < -0.4 is 0 Å². The van der Waals surface area contributed by atoms with Gasteiger partial charge in [0.05, 0.1) is 13.3 Å². The second-order valence-corrected chi connectivity index (χ2v) is 17.5. The van der Waals surface area contributed by atoms with E-state index in [1.165, 1.54) is 0 Å². The molecule has 0 heterocycles. The van der Waals surface area contributed by atoms with Crippen LogP contribution in [0.5, 0.6) is 0 Å². The van der Waals surface area contributed by atoms with Crippen molar-refractivity contribution < 1.29 is 13.3 Å². The van der Waals surface area contributed by atoms with Crippen molar-refractivity contribution >= 4 is 38.1 Å². The van der Waals surface area contributed by atoms with E-state index in [1.807, 2.05) is 32.2 Å². The van der Waals surface area contributed by atoms with Gasteiger partial charge in [-0.2, -0.15) is 0 Å². The van der Waals surface area contributed by atoms with E-state index >= 15 is 0 Å². The Hall–Kier alpha value is 1.23. The van der Waals surface area contributed by atoms with Crippen LogP contribution in [0.25, 0.3) is 0 Å². The first kappa shape index (κ1) is 19.2. The molecule has 0 amide bonds. The molecular weight excluding hydrogens is 303 g/mol. The summed E-state index contributed by atoms with van der Waals surface area (Å²) in [4.78, 5) is 0. The Labute approximate surface area is 123 Å². The summed E-state index contributed by atoms with van der Waals surface area (Å²) in [5, 5.41) is 0. The smallest absolute Gasteiger partial charge is 0.374 e. The van der Waals surface area contributed by atoms with Crippen LogP contribution in [0.4, 0.5) is 0 Å². The lowest BCUT2D eigenvalue weighted by Crippen LogP contribution is -2.46. The summed E-state index contributed by atoms with van der Waals surface area (Å²) in [6, 6.07) is 0.906. The number of thiol groups is 1. The minimum absolute atomic E-state index is 0.657. The van der Waals surface area contributed by atoms with Crippen molar-refractivity contribution in [2.75, 3.05) is 38.9 Å². The number of hydrogen-bond donors (Lipinski definition) is 1. The summed E-state index contributed by atoms with van der Waals surface area (Å²) in [5.41, 5.74) is -1.04. The van der Waals surface area contributed by atoms with Crippen LogP contribution in [-0.4, -0.2) is 47.7 Å². The molecule has 7 heteroatoms. The second kappa shape index (κ2) is 10.0. The quantitative estimate of drug-likeness (QED) is 0.266. The molecule has 0 saturated carbocycles. The minimum atomic E-state index is -2.42. The summed E-state index contributed by atoms with van der Waals surface area (Å²) < 4.78 is 17.5. The van der Waals surface area contributed by atoms with Crippen LogP contribution in [0, 0.1) is 0 Å². The van der Waals surface area contributed by atoms with Crippen LogP contribution in [0.3, 0.4) is 0 Å². The predicted molar refractivity (Wildman–Crippen MR) is 90.3 cm³/mol. The molecular formula is C11H28O3PS2Si+. The highest BCUT2D eigenvalue weighted by Gasteiger charge is 2.39. The fourth-order valence-electron chi connectivity index (χ4n) is 1.58. The standard InChI is InChI=1S/C11H28O3PS2Si/c1-6-12-18(13-7-2,14-8-3)11-9-10-17-15(4,5)16/h16H,6-11H2,1-5H3/q+1. The summed E-state index contributed by atoms with van der Waals surface area (Å²) in [5.74, 6) is 1.10. The molecule has 0 aromatic carbocycles. The second-order valence-electron chi connectivity index (χ2n) is 4.21. The van der Waals surface area contributed by atoms with E-state index in [1.54, 1.807) is 0 Å². The highest BCUT2D eigenvalue weighted by atomic mass is 33.1. The highest BCUT2D eigenvalue weighted by molar-refractivity contribution is 8.90. The van der Waals surface area contributed by atoms with E-state index in [-0.39, 0.29) is 0 Å². The van der Waals surface area contributed by atoms with E-state index < -0.39 is 14.5 Å². The lowest BCUT2D eigenvalue weighted by molar-refractivity contribution is 0.0712. The van der Waals surface area contributed by atoms with Crippen molar-refractivity contribution in [3.63, 3.8) is 0 Å². The van der Waals surface area contributed by atoms with Gasteiger partial charge in [0.2, 0.25) is 0 Å². The van der Waals surface area contributed by atoms with Crippen molar-refractivity contribution in [3.05, 3.63) is 0 Å². The average molecular weight is 332 g/mol. The van der Waals surface area contributed by atoms with Crippen LogP contribution in [0.15, 0.2) is 0 Å². The maximum absolute atomic E-state index is 5.82. The molecule has 110 valence electrons. The summed E-state index contributed by atoms with van der Waals surface area (Å²) in [7, 11) is -2.42. The number of rotatable bonds is 11. The van der Waals surface area contributed by atoms with Gasteiger partial charge in [0, 0.05) is 55.2 Å². The normalized spacial score (nSPS) is 13.0. The van der Waals surface area contributed by atoms with Gasteiger partial charge < -0.3 is 13.3 Å². The molecule has 0 aromatic rings. The largest absolute Gasteiger partial charge is 0.500 e. The van der Waals surface area contributed by atoms with Gasteiger partial charge in [-0.15, -0.1) is 0 Å². The maximum Gasteiger partial charge on any atom is 0.500 e. The fourth-order valence-corrected chi connectivity index (χ4v) is 7.63. The molecule has 0 bridgehead atoms. The molecule has 0 saturated heterocycles. The summed E-state index contributed by atoms with van der Waals surface area (Å²) in [6.45, 7) is 12.4. The molecule has 0 aliphatic carbocycles. The molecule has 3 nitrogen and oxygen atoms in total. The average Bonchev–Trinajstić information content (AvgIpc) is 2.24. The molecule has 18 heavy (non-hydrogen) atoms. The van der Waals surface area contributed by atoms with Crippen LogP contribution in [-0.2, 0) is 13.3 Å². The van der Waals surface area contributed by atoms with E-state index in [2.05, 4.69) is 25.6 Å². The van der Waals surface area contributed by atoms with Crippen molar-refractivity contribution in [2.24, 2.45) is 0 Å². The molecule has 0 fully saturated rings. The Morgan fingerprint density at radius 2 is 1.44 bits per heavy atom. The Kier molecular flexibility index (Phi) is 10.7. The fraction of sp³-hybridized carbons (Fsp3) is 1.00. The molecule has 0 N–H and O–H groups in total. The van der Waals surface area contributed by atoms with Crippen LogP contribution in [0.1, 0.15) is 27.2 Å². The van der Waals surface area contributed by atoms with E-state index in [0.717, 1.165) is 18.2 Å². The molecule has 0 spiro atoms. The maximum atomic E-state index is 5.82. The lowest BCUT2D eigenvalue weighted by atomic mass is 10.6. The summed E-state index contributed by atoms with van der Waals surface area (Å²) in [6.07, 6.45) is 1.07.